The summed E-state index contributed by atoms with van der Waals surface area (Å²) in [6, 6.07) is 5.53. The van der Waals surface area contributed by atoms with Crippen molar-refractivity contribution in [3.63, 3.8) is 0 Å². The number of primary amides is 1. The van der Waals surface area contributed by atoms with Crippen molar-refractivity contribution in [1.29, 1.82) is 0 Å². The second-order valence-electron chi connectivity index (χ2n) is 5.30. The zero-order valence-corrected chi connectivity index (χ0v) is 11.9. The lowest BCUT2D eigenvalue weighted by atomic mass is 10.2. The molecule has 0 aromatic carbocycles. The molecule has 0 bridgehead atoms. The Morgan fingerprint density at radius 1 is 1.33 bits per heavy atom. The van der Waals surface area contributed by atoms with Crippen molar-refractivity contribution in [2.75, 3.05) is 6.54 Å². The van der Waals surface area contributed by atoms with E-state index in [1.54, 1.807) is 12.1 Å². The molecule has 7 nitrogen and oxygen atoms in total. The number of amides is 2. The molecule has 1 saturated carbocycles. The van der Waals surface area contributed by atoms with Crippen molar-refractivity contribution in [3.05, 3.63) is 29.6 Å². The van der Waals surface area contributed by atoms with Crippen molar-refractivity contribution in [3.8, 4) is 0 Å². The first-order chi connectivity index (χ1) is 10.1. The maximum Gasteiger partial charge on any atom is 0.283 e. The number of nitrogens with one attached hydrogen (secondary N) is 1. The fourth-order valence-corrected chi connectivity index (χ4v) is 2.76. The van der Waals surface area contributed by atoms with Crippen LogP contribution in [0.5, 0.6) is 0 Å². The first-order valence-corrected chi connectivity index (χ1v) is 7.09. The average molecular weight is 291 g/mol. The van der Waals surface area contributed by atoms with E-state index in [0.717, 1.165) is 18.5 Å². The molecule has 0 unspecified atom stereocenters. The maximum absolute atomic E-state index is 11.5. The van der Waals surface area contributed by atoms with E-state index in [9.17, 15) is 9.59 Å². The van der Waals surface area contributed by atoms with Gasteiger partial charge in [0, 0.05) is 12.6 Å². The zero-order chi connectivity index (χ0) is 15.2. The molecule has 21 heavy (non-hydrogen) atoms. The Morgan fingerprint density at radius 2 is 2.05 bits per heavy atom. The van der Waals surface area contributed by atoms with Crippen LogP contribution in [0.4, 0.5) is 0 Å². The third kappa shape index (κ3) is 4.24. The molecule has 1 aromatic heterocycles. The molecule has 1 heterocycles. The lowest BCUT2D eigenvalue weighted by molar-refractivity contribution is -0.119. The van der Waals surface area contributed by atoms with Gasteiger partial charge < -0.3 is 5.73 Å². The van der Waals surface area contributed by atoms with E-state index in [1.807, 2.05) is 11.0 Å². The summed E-state index contributed by atoms with van der Waals surface area (Å²) in [6.45, 7) is 0.707. The molecule has 0 atom stereocenters. The van der Waals surface area contributed by atoms with Crippen molar-refractivity contribution < 1.29 is 9.59 Å². The minimum Gasteiger partial charge on any atom is -0.369 e. The third-order valence-corrected chi connectivity index (χ3v) is 3.74. The highest BCUT2D eigenvalue weighted by Crippen LogP contribution is 2.24. The van der Waals surface area contributed by atoms with Crippen LogP contribution in [0.25, 0.3) is 0 Å². The number of nitrogens with two attached hydrogens (primary N) is 2. The summed E-state index contributed by atoms with van der Waals surface area (Å²) in [5.41, 5.74) is 8.38. The molecule has 5 N–H and O–H groups in total. The predicted octanol–water partition coefficient (Wildman–Crippen LogP) is -0.0850. The van der Waals surface area contributed by atoms with E-state index in [0.29, 0.717) is 12.6 Å². The molecule has 2 amide bonds. The molecule has 114 valence electrons. The van der Waals surface area contributed by atoms with Gasteiger partial charge in [0.25, 0.3) is 5.91 Å². The van der Waals surface area contributed by atoms with Gasteiger partial charge in [-0.2, -0.15) is 0 Å². The second kappa shape index (κ2) is 7.14. The van der Waals surface area contributed by atoms with Gasteiger partial charge in [-0.05, 0) is 25.0 Å². The molecule has 0 spiro atoms. The first kappa shape index (κ1) is 15.4. The lowest BCUT2D eigenvalue weighted by Crippen LogP contribution is -2.39. The van der Waals surface area contributed by atoms with Gasteiger partial charge in [-0.15, -0.1) is 0 Å². The van der Waals surface area contributed by atoms with Crippen molar-refractivity contribution >= 4 is 11.8 Å². The summed E-state index contributed by atoms with van der Waals surface area (Å²) in [5, 5.41) is 0. The van der Waals surface area contributed by atoms with Crippen LogP contribution in [0, 0.1) is 0 Å². The monoisotopic (exact) mass is 291 g/mol. The SMILES string of the molecule is NNC(=O)c1cccc(CN(CC(N)=O)C2CCCC2)n1. The topological polar surface area (TPSA) is 114 Å². The number of nitrogens with zero attached hydrogens (tertiary/aromatic N) is 2. The molecule has 0 saturated heterocycles. The van der Waals surface area contributed by atoms with E-state index in [4.69, 9.17) is 11.6 Å². The fraction of sp³-hybridized carbons (Fsp3) is 0.500. The Kier molecular flexibility index (Phi) is 5.24. The molecule has 2 rings (SSSR count). The summed E-state index contributed by atoms with van der Waals surface area (Å²) in [4.78, 5) is 29.1. The molecule has 7 heteroatoms. The van der Waals surface area contributed by atoms with E-state index in [1.165, 1.54) is 12.8 Å². The number of hydrogen-bond acceptors (Lipinski definition) is 5. The summed E-state index contributed by atoms with van der Waals surface area (Å²) in [7, 11) is 0. The van der Waals surface area contributed by atoms with Gasteiger partial charge in [-0.3, -0.25) is 19.9 Å². The maximum atomic E-state index is 11.5. The highest BCUT2D eigenvalue weighted by Gasteiger charge is 2.24. The van der Waals surface area contributed by atoms with Crippen LogP contribution in [-0.2, 0) is 11.3 Å². The normalized spacial score (nSPS) is 15.3. The van der Waals surface area contributed by atoms with E-state index >= 15 is 0 Å². The van der Waals surface area contributed by atoms with Gasteiger partial charge in [0.15, 0.2) is 0 Å². The third-order valence-electron chi connectivity index (χ3n) is 3.74. The van der Waals surface area contributed by atoms with E-state index < -0.39 is 5.91 Å². The van der Waals surface area contributed by atoms with Crippen molar-refractivity contribution in [2.45, 2.75) is 38.3 Å². The molecule has 1 aliphatic carbocycles. The molecule has 0 aliphatic heterocycles. The summed E-state index contributed by atoms with van der Waals surface area (Å²) in [6.07, 6.45) is 4.47. The van der Waals surface area contributed by atoms with Gasteiger partial charge >= 0.3 is 0 Å². The van der Waals surface area contributed by atoms with Crippen molar-refractivity contribution in [1.82, 2.24) is 15.3 Å². The Bertz CT molecular complexity index is 514. The van der Waals surface area contributed by atoms with Crippen LogP contribution in [0.1, 0.15) is 41.9 Å². The Labute approximate surface area is 123 Å². The Hall–Kier alpha value is -1.99. The lowest BCUT2D eigenvalue weighted by Gasteiger charge is -2.27. The largest absolute Gasteiger partial charge is 0.369 e. The summed E-state index contributed by atoms with van der Waals surface area (Å²) >= 11 is 0. The predicted molar refractivity (Wildman–Crippen MR) is 77.8 cm³/mol. The molecular weight excluding hydrogens is 270 g/mol. The highest BCUT2D eigenvalue weighted by atomic mass is 16.2. The summed E-state index contributed by atoms with van der Waals surface area (Å²) in [5.74, 6) is 4.33. The molecular formula is C14H21N5O2. The highest BCUT2D eigenvalue weighted by molar-refractivity contribution is 5.91. The Balaban J connectivity index is 2.11. The number of rotatable bonds is 6. The average Bonchev–Trinajstić information content (AvgIpc) is 3.00. The fourth-order valence-electron chi connectivity index (χ4n) is 2.76. The number of hydrogen-bond donors (Lipinski definition) is 3. The summed E-state index contributed by atoms with van der Waals surface area (Å²) < 4.78 is 0. The van der Waals surface area contributed by atoms with Crippen LogP contribution >= 0.6 is 0 Å². The standard InChI is InChI=1S/C14H21N5O2/c15-13(20)9-19(11-5-1-2-6-11)8-10-4-3-7-12(17-10)14(21)18-16/h3-4,7,11H,1-2,5-6,8-9,16H2,(H2,15,20)(H,18,21). The van der Waals surface area contributed by atoms with Gasteiger partial charge in [0.05, 0.1) is 12.2 Å². The Morgan fingerprint density at radius 3 is 2.67 bits per heavy atom. The van der Waals surface area contributed by atoms with Gasteiger partial charge in [0.2, 0.25) is 5.91 Å². The number of hydrazine groups is 1. The van der Waals surface area contributed by atoms with Crippen LogP contribution in [-0.4, -0.2) is 34.3 Å². The number of carbonyl (C=O) groups excluding carboxylic acids is 2. The molecule has 0 radical (unpaired) electrons. The quantitative estimate of drug-likeness (QED) is 0.385. The van der Waals surface area contributed by atoms with E-state index in [2.05, 4.69) is 10.4 Å². The number of aromatic nitrogens is 1. The van der Waals surface area contributed by atoms with Gasteiger partial charge in [-0.1, -0.05) is 18.9 Å². The smallest absolute Gasteiger partial charge is 0.283 e. The van der Waals surface area contributed by atoms with Gasteiger partial charge in [-0.25, -0.2) is 10.8 Å². The van der Waals surface area contributed by atoms with Crippen LogP contribution in [0.3, 0.4) is 0 Å². The first-order valence-electron chi connectivity index (χ1n) is 7.09. The number of pyridine rings is 1. The van der Waals surface area contributed by atoms with Crippen LogP contribution in [0.15, 0.2) is 18.2 Å². The van der Waals surface area contributed by atoms with Crippen LogP contribution in [0.2, 0.25) is 0 Å². The zero-order valence-electron chi connectivity index (χ0n) is 11.9. The second-order valence-corrected chi connectivity index (χ2v) is 5.30. The van der Waals surface area contributed by atoms with Crippen LogP contribution < -0.4 is 17.0 Å². The number of nitrogen functional groups attached to an aromatic ring is 1. The molecule has 1 aliphatic rings. The minimum absolute atomic E-state index is 0.208. The molecule has 1 aromatic rings. The number of carbonyl (C=O) groups is 2. The van der Waals surface area contributed by atoms with Gasteiger partial charge in [0.1, 0.15) is 5.69 Å². The van der Waals surface area contributed by atoms with Crippen molar-refractivity contribution in [2.24, 2.45) is 11.6 Å². The minimum atomic E-state index is -0.431. The molecule has 1 fully saturated rings. The van der Waals surface area contributed by atoms with E-state index in [-0.39, 0.29) is 18.1 Å².